The number of carbonyl (C=O) groups is 1. The molecule has 0 aliphatic carbocycles. The molecule has 1 aliphatic heterocycles. The highest BCUT2D eigenvalue weighted by atomic mass is 79.9. The molecule has 0 bridgehead atoms. The smallest absolute Gasteiger partial charge is 0.320 e. The van der Waals surface area contributed by atoms with Gasteiger partial charge in [-0.25, -0.2) is 4.98 Å². The highest BCUT2D eigenvalue weighted by Crippen LogP contribution is 2.27. The lowest BCUT2D eigenvalue weighted by Crippen LogP contribution is -2.44. The number of halogens is 1. The summed E-state index contributed by atoms with van der Waals surface area (Å²) in [6.07, 6.45) is 2.79. The van der Waals surface area contributed by atoms with Crippen LogP contribution in [-0.2, 0) is 11.3 Å². The molecule has 1 aliphatic rings. The molecule has 1 N–H and O–H groups in total. The Morgan fingerprint density at radius 2 is 2.14 bits per heavy atom. The van der Waals surface area contributed by atoms with E-state index in [0.29, 0.717) is 6.54 Å². The minimum Gasteiger partial charge on any atom is -0.480 e. The van der Waals surface area contributed by atoms with E-state index >= 15 is 0 Å². The number of nitrogens with zero attached hydrogens (tertiary/aromatic N) is 2. The van der Waals surface area contributed by atoms with Crippen molar-refractivity contribution in [2.45, 2.75) is 31.8 Å². The Bertz CT molecular complexity index is 656. The van der Waals surface area contributed by atoms with Gasteiger partial charge >= 0.3 is 5.97 Å². The van der Waals surface area contributed by atoms with Crippen LogP contribution in [0.5, 0.6) is 0 Å². The molecule has 2 heterocycles. The highest BCUT2D eigenvalue weighted by molar-refractivity contribution is 9.10. The van der Waals surface area contributed by atoms with Gasteiger partial charge in [-0.15, -0.1) is 11.3 Å². The topological polar surface area (TPSA) is 53.4 Å². The van der Waals surface area contributed by atoms with Crippen LogP contribution in [0.15, 0.2) is 34.1 Å². The van der Waals surface area contributed by atoms with Crippen molar-refractivity contribution in [1.82, 2.24) is 9.88 Å². The van der Waals surface area contributed by atoms with Crippen LogP contribution in [0, 0.1) is 0 Å². The molecule has 1 atom stereocenters. The van der Waals surface area contributed by atoms with E-state index in [-0.39, 0.29) is 6.04 Å². The number of carboxylic acid groups (broad SMARTS) is 1. The van der Waals surface area contributed by atoms with E-state index in [4.69, 9.17) is 0 Å². The maximum absolute atomic E-state index is 11.3. The third kappa shape index (κ3) is 3.56. The predicted molar refractivity (Wildman–Crippen MR) is 90.9 cm³/mol. The van der Waals surface area contributed by atoms with Gasteiger partial charge in [-0.1, -0.05) is 34.5 Å². The molecular formula is C16H17BrN2O2S. The Labute approximate surface area is 141 Å². The fourth-order valence-corrected chi connectivity index (χ4v) is 3.85. The summed E-state index contributed by atoms with van der Waals surface area (Å²) < 4.78 is 1.05. The fraction of sp³-hybridized carbons (Fsp3) is 0.375. The lowest BCUT2D eigenvalue weighted by atomic mass is 10.0. The Kier molecular flexibility index (Phi) is 4.90. The Hall–Kier alpha value is -1.24. The van der Waals surface area contributed by atoms with Crippen LogP contribution < -0.4 is 0 Å². The summed E-state index contributed by atoms with van der Waals surface area (Å²) in [5.41, 5.74) is 2.05. The number of hydrogen-bond acceptors (Lipinski definition) is 4. The zero-order valence-corrected chi connectivity index (χ0v) is 14.4. The van der Waals surface area contributed by atoms with Crippen LogP contribution in [-0.4, -0.2) is 33.5 Å². The van der Waals surface area contributed by atoms with E-state index in [2.05, 4.69) is 20.9 Å². The SMILES string of the molecule is O=C(O)C1CCCCN1Cc1csc(-c2ccc(Br)cc2)n1. The third-order valence-electron chi connectivity index (χ3n) is 3.91. The maximum atomic E-state index is 11.3. The zero-order chi connectivity index (χ0) is 15.5. The molecule has 0 radical (unpaired) electrons. The van der Waals surface area contributed by atoms with Crippen LogP contribution in [0.4, 0.5) is 0 Å². The highest BCUT2D eigenvalue weighted by Gasteiger charge is 2.28. The lowest BCUT2D eigenvalue weighted by Gasteiger charge is -2.32. The normalized spacial score (nSPS) is 19.2. The van der Waals surface area contributed by atoms with Crippen molar-refractivity contribution in [2.24, 2.45) is 0 Å². The number of benzene rings is 1. The minimum atomic E-state index is -0.719. The quantitative estimate of drug-likeness (QED) is 0.870. The molecule has 4 nitrogen and oxygen atoms in total. The third-order valence-corrected chi connectivity index (χ3v) is 5.38. The molecule has 1 aromatic carbocycles. The predicted octanol–water partition coefficient (Wildman–Crippen LogP) is 4.01. The number of carboxylic acids is 1. The monoisotopic (exact) mass is 380 g/mol. The number of likely N-dealkylation sites (tertiary alicyclic amines) is 1. The summed E-state index contributed by atoms with van der Waals surface area (Å²) in [5.74, 6) is -0.719. The summed E-state index contributed by atoms with van der Waals surface area (Å²) in [5, 5.41) is 12.3. The second-order valence-electron chi connectivity index (χ2n) is 5.47. The molecule has 116 valence electrons. The lowest BCUT2D eigenvalue weighted by molar-refractivity contribution is -0.144. The van der Waals surface area contributed by atoms with Gasteiger partial charge in [0.1, 0.15) is 11.0 Å². The molecule has 1 fully saturated rings. The van der Waals surface area contributed by atoms with Crippen LogP contribution in [0.1, 0.15) is 25.0 Å². The Morgan fingerprint density at radius 1 is 1.36 bits per heavy atom. The molecule has 1 saturated heterocycles. The standard InChI is InChI=1S/C16H17BrN2O2S/c17-12-6-4-11(5-7-12)15-18-13(10-22-15)9-19-8-2-1-3-14(19)16(20)21/h4-7,10,14H,1-3,8-9H2,(H,20,21). The van der Waals surface area contributed by atoms with Gasteiger partial charge in [-0.05, 0) is 31.5 Å². The van der Waals surface area contributed by atoms with Gasteiger partial charge in [0.25, 0.3) is 0 Å². The van der Waals surface area contributed by atoms with Gasteiger partial charge in [-0.2, -0.15) is 0 Å². The number of aromatic nitrogens is 1. The average molecular weight is 381 g/mol. The summed E-state index contributed by atoms with van der Waals surface area (Å²) >= 11 is 5.04. The maximum Gasteiger partial charge on any atom is 0.320 e. The molecule has 22 heavy (non-hydrogen) atoms. The molecule has 1 unspecified atom stereocenters. The van der Waals surface area contributed by atoms with E-state index in [9.17, 15) is 9.90 Å². The van der Waals surface area contributed by atoms with Crippen LogP contribution in [0.2, 0.25) is 0 Å². The van der Waals surface area contributed by atoms with Gasteiger partial charge in [-0.3, -0.25) is 9.69 Å². The Morgan fingerprint density at radius 3 is 2.86 bits per heavy atom. The van der Waals surface area contributed by atoms with Gasteiger partial charge in [0.15, 0.2) is 0 Å². The van der Waals surface area contributed by atoms with E-state index in [1.54, 1.807) is 11.3 Å². The molecule has 0 saturated carbocycles. The summed E-state index contributed by atoms with van der Waals surface area (Å²) in [6.45, 7) is 1.45. The number of rotatable bonds is 4. The van der Waals surface area contributed by atoms with E-state index in [1.807, 2.05) is 34.5 Å². The first-order valence-corrected chi connectivity index (χ1v) is 8.98. The van der Waals surface area contributed by atoms with Crippen LogP contribution in [0.3, 0.4) is 0 Å². The molecule has 6 heteroatoms. The van der Waals surface area contributed by atoms with Crippen molar-refractivity contribution < 1.29 is 9.90 Å². The van der Waals surface area contributed by atoms with Crippen molar-refractivity contribution in [3.63, 3.8) is 0 Å². The van der Waals surface area contributed by atoms with Crippen molar-refractivity contribution >= 4 is 33.2 Å². The molecule has 0 amide bonds. The van der Waals surface area contributed by atoms with Crippen LogP contribution in [0.25, 0.3) is 10.6 Å². The number of aliphatic carboxylic acids is 1. The molecular weight excluding hydrogens is 364 g/mol. The first kappa shape index (κ1) is 15.6. The summed E-state index contributed by atoms with van der Waals surface area (Å²) in [7, 11) is 0. The zero-order valence-electron chi connectivity index (χ0n) is 12.0. The molecule has 2 aromatic rings. The molecule has 1 aromatic heterocycles. The first-order valence-electron chi connectivity index (χ1n) is 7.30. The largest absolute Gasteiger partial charge is 0.480 e. The van der Waals surface area contributed by atoms with Gasteiger partial charge < -0.3 is 5.11 Å². The van der Waals surface area contributed by atoms with Crippen molar-refractivity contribution in [1.29, 1.82) is 0 Å². The summed E-state index contributed by atoms with van der Waals surface area (Å²) in [4.78, 5) is 18.1. The molecule has 3 rings (SSSR count). The van der Waals surface area contributed by atoms with E-state index in [0.717, 1.165) is 46.5 Å². The molecule has 0 spiro atoms. The number of piperidine rings is 1. The van der Waals surface area contributed by atoms with Crippen molar-refractivity contribution in [2.75, 3.05) is 6.54 Å². The van der Waals surface area contributed by atoms with Crippen molar-refractivity contribution in [3.05, 3.63) is 39.8 Å². The van der Waals surface area contributed by atoms with E-state index < -0.39 is 5.97 Å². The number of thiazole rings is 1. The Balaban J connectivity index is 1.73. The summed E-state index contributed by atoms with van der Waals surface area (Å²) in [6, 6.07) is 7.70. The van der Waals surface area contributed by atoms with E-state index in [1.165, 1.54) is 0 Å². The van der Waals surface area contributed by atoms with Gasteiger partial charge in [0.05, 0.1) is 5.69 Å². The first-order chi connectivity index (χ1) is 10.6. The number of hydrogen-bond donors (Lipinski definition) is 1. The van der Waals surface area contributed by atoms with Gasteiger partial charge in [0.2, 0.25) is 0 Å². The second kappa shape index (κ2) is 6.89. The van der Waals surface area contributed by atoms with Crippen molar-refractivity contribution in [3.8, 4) is 10.6 Å². The minimum absolute atomic E-state index is 0.369. The van der Waals surface area contributed by atoms with Crippen LogP contribution >= 0.6 is 27.3 Å². The van der Waals surface area contributed by atoms with Gasteiger partial charge in [0, 0.05) is 22.0 Å². The fourth-order valence-electron chi connectivity index (χ4n) is 2.77. The average Bonchev–Trinajstić information content (AvgIpc) is 2.97. The second-order valence-corrected chi connectivity index (χ2v) is 7.24.